The zero-order valence-corrected chi connectivity index (χ0v) is 22.3. The lowest BCUT2D eigenvalue weighted by Crippen LogP contribution is -2.43. The van der Waals surface area contributed by atoms with E-state index < -0.39 is 17.8 Å². The molecular formula is C31H28N4O5. The van der Waals surface area contributed by atoms with Gasteiger partial charge >= 0.3 is 5.97 Å². The molecule has 0 N–H and O–H groups in total. The van der Waals surface area contributed by atoms with Gasteiger partial charge in [0.15, 0.2) is 0 Å². The zero-order valence-electron chi connectivity index (χ0n) is 22.3. The van der Waals surface area contributed by atoms with Gasteiger partial charge in [0.05, 0.1) is 18.0 Å². The van der Waals surface area contributed by atoms with E-state index in [0.717, 1.165) is 16.2 Å². The van der Waals surface area contributed by atoms with E-state index in [1.165, 1.54) is 6.92 Å². The van der Waals surface area contributed by atoms with Crippen molar-refractivity contribution >= 4 is 23.9 Å². The summed E-state index contributed by atoms with van der Waals surface area (Å²) in [4.78, 5) is 38.6. The van der Waals surface area contributed by atoms with E-state index in [9.17, 15) is 19.6 Å². The number of nitrogens with zero attached hydrogens (tertiary/aromatic N) is 4. The van der Waals surface area contributed by atoms with E-state index in [-0.39, 0.29) is 30.7 Å². The van der Waals surface area contributed by atoms with Crippen LogP contribution < -0.4 is 4.74 Å². The lowest BCUT2D eigenvalue weighted by Gasteiger charge is -2.27. The summed E-state index contributed by atoms with van der Waals surface area (Å²) in [5.41, 5.74) is 3.22. The Morgan fingerprint density at radius 1 is 1.10 bits per heavy atom. The number of amides is 2. The average Bonchev–Trinajstić information content (AvgIpc) is 3.38. The minimum Gasteiger partial charge on any atom is -0.490 e. The summed E-state index contributed by atoms with van der Waals surface area (Å²) in [6.45, 7) is 6.97. The summed E-state index contributed by atoms with van der Waals surface area (Å²) in [7, 11) is 0. The van der Waals surface area contributed by atoms with Crippen molar-refractivity contribution in [2.45, 2.75) is 20.3 Å². The number of esters is 1. The first-order valence-corrected chi connectivity index (χ1v) is 12.7. The van der Waals surface area contributed by atoms with Gasteiger partial charge in [-0.05, 0) is 61.4 Å². The molecule has 9 heteroatoms. The van der Waals surface area contributed by atoms with Crippen molar-refractivity contribution < 1.29 is 23.9 Å². The highest BCUT2D eigenvalue weighted by Crippen LogP contribution is 2.32. The Morgan fingerprint density at radius 2 is 1.82 bits per heavy atom. The molecule has 2 amide bonds. The van der Waals surface area contributed by atoms with E-state index in [0.29, 0.717) is 29.2 Å². The van der Waals surface area contributed by atoms with Crippen LogP contribution in [0.2, 0.25) is 0 Å². The van der Waals surface area contributed by atoms with Crippen molar-refractivity contribution in [3.63, 3.8) is 0 Å². The number of para-hydroxylation sites is 1. The number of aromatic nitrogens is 2. The van der Waals surface area contributed by atoms with Crippen LogP contribution >= 0.6 is 0 Å². The molecule has 2 heterocycles. The highest BCUT2D eigenvalue weighted by molar-refractivity contribution is 6.19. The quantitative estimate of drug-likeness (QED) is 0.122. The molecule has 0 saturated heterocycles. The lowest BCUT2D eigenvalue weighted by atomic mass is 9.93. The van der Waals surface area contributed by atoms with Gasteiger partial charge in [-0.15, -0.1) is 0 Å². The van der Waals surface area contributed by atoms with Gasteiger partial charge in [0.1, 0.15) is 24.0 Å². The van der Waals surface area contributed by atoms with Crippen LogP contribution in [0.5, 0.6) is 5.75 Å². The second-order valence-corrected chi connectivity index (χ2v) is 8.96. The smallest absolute Gasteiger partial charge is 0.302 e. The molecule has 2 aromatic carbocycles. The number of ether oxygens (including phenoxy) is 2. The Kier molecular flexibility index (Phi) is 8.72. The second-order valence-electron chi connectivity index (χ2n) is 8.96. The maximum Gasteiger partial charge on any atom is 0.302 e. The van der Waals surface area contributed by atoms with Crippen LogP contribution in [0, 0.1) is 11.3 Å². The number of carbonyl (C=O) groups is 3. The number of hydrogen-bond donors (Lipinski definition) is 0. The molecule has 4 rings (SSSR count). The SMILES string of the molecule is C=CCOc1ccc(-c2nn(-c3ccccc3)cc2/C=C2/C(=O)N(CCCOC(C)=O)C(=O)C(C#N)=C2C)cc1. The first kappa shape index (κ1) is 27.8. The van der Waals surface area contributed by atoms with Gasteiger partial charge in [-0.2, -0.15) is 10.4 Å². The zero-order chi connectivity index (χ0) is 28.6. The van der Waals surface area contributed by atoms with Crippen LogP contribution in [-0.4, -0.2) is 52.2 Å². The fraction of sp³-hybridized carbons (Fsp3) is 0.194. The molecule has 0 atom stereocenters. The van der Waals surface area contributed by atoms with Crippen molar-refractivity contribution in [2.24, 2.45) is 0 Å². The van der Waals surface area contributed by atoms with Crippen LogP contribution in [0.15, 0.2) is 90.2 Å². The van der Waals surface area contributed by atoms with Crippen LogP contribution in [0.25, 0.3) is 23.0 Å². The van der Waals surface area contributed by atoms with Crippen LogP contribution in [-0.2, 0) is 19.1 Å². The predicted molar refractivity (Wildman–Crippen MR) is 149 cm³/mol. The van der Waals surface area contributed by atoms with Gasteiger partial charge in [0, 0.05) is 36.4 Å². The Hall–Kier alpha value is -5.23. The molecule has 9 nitrogen and oxygen atoms in total. The normalized spacial score (nSPS) is 14.3. The molecule has 0 saturated carbocycles. The highest BCUT2D eigenvalue weighted by atomic mass is 16.5. The Bertz CT molecular complexity index is 1540. The number of benzene rings is 2. The Balaban J connectivity index is 1.78. The van der Waals surface area contributed by atoms with Gasteiger partial charge in [-0.1, -0.05) is 30.9 Å². The van der Waals surface area contributed by atoms with Crippen LogP contribution in [0.1, 0.15) is 25.8 Å². The number of hydrogen-bond acceptors (Lipinski definition) is 7. The number of nitriles is 1. The van der Waals surface area contributed by atoms with E-state index in [1.54, 1.807) is 30.0 Å². The number of imide groups is 1. The van der Waals surface area contributed by atoms with E-state index in [1.807, 2.05) is 60.7 Å². The average molecular weight is 537 g/mol. The molecule has 0 spiro atoms. The third kappa shape index (κ3) is 6.08. The van der Waals surface area contributed by atoms with Crippen molar-refractivity contribution in [3.8, 4) is 28.8 Å². The monoisotopic (exact) mass is 536 g/mol. The van der Waals surface area contributed by atoms with Gasteiger partial charge < -0.3 is 9.47 Å². The standard InChI is InChI=1S/C31H28N4O5/c1-4-16-40-26-13-11-23(12-14-26)29-24(20-35(33-29)25-9-6-5-7-10-25)18-27-21(2)28(19-32)31(38)34(30(27)37)15-8-17-39-22(3)36/h4-7,9-14,18,20H,1,8,15-17H2,2-3H3/b27-18+. The second kappa shape index (κ2) is 12.5. The molecule has 0 fully saturated rings. The molecular weight excluding hydrogens is 508 g/mol. The van der Waals surface area contributed by atoms with Gasteiger partial charge in [-0.3, -0.25) is 19.3 Å². The number of carbonyl (C=O) groups excluding carboxylic acids is 3. The topological polar surface area (TPSA) is 115 Å². The first-order valence-electron chi connectivity index (χ1n) is 12.7. The van der Waals surface area contributed by atoms with Crippen molar-refractivity contribution in [1.29, 1.82) is 5.26 Å². The maximum atomic E-state index is 13.5. The fourth-order valence-electron chi connectivity index (χ4n) is 4.22. The van der Waals surface area contributed by atoms with E-state index in [2.05, 4.69) is 6.58 Å². The summed E-state index contributed by atoms with van der Waals surface area (Å²) in [5.74, 6) is -0.973. The largest absolute Gasteiger partial charge is 0.490 e. The molecule has 0 bridgehead atoms. The molecule has 1 aliphatic rings. The third-order valence-electron chi connectivity index (χ3n) is 6.22. The molecule has 202 valence electrons. The minimum absolute atomic E-state index is 0.00303. The van der Waals surface area contributed by atoms with Crippen molar-refractivity contribution in [3.05, 3.63) is 95.7 Å². The van der Waals surface area contributed by atoms with Crippen molar-refractivity contribution in [2.75, 3.05) is 19.8 Å². The fourth-order valence-corrected chi connectivity index (χ4v) is 4.22. The third-order valence-corrected chi connectivity index (χ3v) is 6.22. The summed E-state index contributed by atoms with van der Waals surface area (Å²) in [6.07, 6.45) is 5.37. The van der Waals surface area contributed by atoms with Crippen LogP contribution in [0.3, 0.4) is 0 Å². The Labute approximate surface area is 232 Å². The van der Waals surface area contributed by atoms with Gasteiger partial charge in [0.2, 0.25) is 0 Å². The summed E-state index contributed by atoms with van der Waals surface area (Å²) >= 11 is 0. The van der Waals surface area contributed by atoms with Crippen LogP contribution in [0.4, 0.5) is 0 Å². The molecule has 1 aliphatic heterocycles. The lowest BCUT2D eigenvalue weighted by molar-refractivity contribution is -0.141. The maximum absolute atomic E-state index is 13.5. The van der Waals surface area contributed by atoms with Crippen molar-refractivity contribution in [1.82, 2.24) is 14.7 Å². The minimum atomic E-state index is -0.666. The molecule has 3 aromatic rings. The van der Waals surface area contributed by atoms with Gasteiger partial charge in [0.25, 0.3) is 11.8 Å². The summed E-state index contributed by atoms with van der Waals surface area (Å²) in [6, 6.07) is 18.9. The predicted octanol–water partition coefficient (Wildman–Crippen LogP) is 4.65. The molecule has 1 aromatic heterocycles. The summed E-state index contributed by atoms with van der Waals surface area (Å²) < 4.78 is 12.2. The molecule has 0 radical (unpaired) electrons. The van der Waals surface area contributed by atoms with Gasteiger partial charge in [-0.25, -0.2) is 4.68 Å². The molecule has 0 aliphatic carbocycles. The van der Waals surface area contributed by atoms with E-state index >= 15 is 0 Å². The highest BCUT2D eigenvalue weighted by Gasteiger charge is 2.35. The first-order chi connectivity index (χ1) is 19.3. The molecule has 40 heavy (non-hydrogen) atoms. The summed E-state index contributed by atoms with van der Waals surface area (Å²) in [5, 5.41) is 14.5. The Morgan fingerprint density at radius 3 is 2.48 bits per heavy atom. The molecule has 0 unspecified atom stereocenters. The van der Waals surface area contributed by atoms with E-state index in [4.69, 9.17) is 14.6 Å². The number of rotatable bonds is 10.